The summed E-state index contributed by atoms with van der Waals surface area (Å²) >= 11 is 0. The van der Waals surface area contributed by atoms with Gasteiger partial charge in [0.1, 0.15) is 28.6 Å². The van der Waals surface area contributed by atoms with Crippen LogP contribution >= 0.6 is 0 Å². The lowest BCUT2D eigenvalue weighted by molar-refractivity contribution is 0.470. The van der Waals surface area contributed by atoms with Gasteiger partial charge in [-0.2, -0.15) is 0 Å². The SMILES string of the molecule is BC(B)(B)c1c2ccccc2n2c3c4c5c(c6c7cccc8c9ccccc9n(c87)c63)Oc3c6c(cc7c3c3cccc8c9ccccc9n7c83)Oc3cccc(c3B65)-n4c12. The van der Waals surface area contributed by atoms with Crippen molar-refractivity contribution >= 4 is 150 Å². The number of fused-ring (bicyclic) bond motifs is 21. The van der Waals surface area contributed by atoms with Crippen LogP contribution in [0.25, 0.3) is 109 Å². The summed E-state index contributed by atoms with van der Waals surface area (Å²) in [5.74, 6) is 3.64. The van der Waals surface area contributed by atoms with Crippen LogP contribution in [-0.4, -0.2) is 48.0 Å². The summed E-state index contributed by atoms with van der Waals surface area (Å²) in [6.07, 6.45) is 0. The molecule has 0 saturated carbocycles. The van der Waals surface area contributed by atoms with E-state index in [1.54, 1.807) is 0 Å². The molecule has 10 heteroatoms. The van der Waals surface area contributed by atoms with Crippen LogP contribution in [0.5, 0.6) is 23.0 Å². The predicted molar refractivity (Wildman–Crippen MR) is 260 cm³/mol. The molecule has 0 spiro atoms. The molecule has 17 rings (SSSR count). The van der Waals surface area contributed by atoms with Crippen molar-refractivity contribution in [1.29, 1.82) is 0 Å². The van der Waals surface area contributed by atoms with Crippen LogP contribution in [0.15, 0.2) is 133 Å². The van der Waals surface area contributed by atoms with Crippen LogP contribution in [0.4, 0.5) is 0 Å². The second-order valence-electron chi connectivity index (χ2n) is 18.7. The monoisotopic (exact) mass is 772 g/mol. The molecule has 3 aliphatic heterocycles. The molecule has 0 saturated heterocycles. The number of nitrogens with zero attached hydrogens (tertiary/aromatic N) is 4. The Labute approximate surface area is 349 Å². The van der Waals surface area contributed by atoms with E-state index >= 15 is 0 Å². The van der Waals surface area contributed by atoms with Crippen LogP contribution in [0, 0.1) is 0 Å². The minimum atomic E-state index is -0.164. The maximum absolute atomic E-state index is 7.87. The quantitative estimate of drug-likeness (QED) is 0.164. The van der Waals surface area contributed by atoms with Gasteiger partial charge in [0.25, 0.3) is 6.71 Å². The summed E-state index contributed by atoms with van der Waals surface area (Å²) in [6.45, 7) is -0.102. The summed E-state index contributed by atoms with van der Waals surface area (Å²) in [4.78, 5) is 0. The van der Waals surface area contributed by atoms with E-state index in [0.717, 1.165) is 39.4 Å². The van der Waals surface area contributed by atoms with E-state index in [0.29, 0.717) is 0 Å². The molecular weight excluding hydrogens is 744 g/mol. The third-order valence-corrected chi connectivity index (χ3v) is 14.9. The first-order valence-corrected chi connectivity index (χ1v) is 21.4. The summed E-state index contributed by atoms with van der Waals surface area (Å²) in [5.41, 5.74) is 18.1. The van der Waals surface area contributed by atoms with Gasteiger partial charge >= 0.3 is 0 Å². The number of aromatic nitrogens is 4. The zero-order valence-corrected chi connectivity index (χ0v) is 33.4. The first kappa shape index (κ1) is 30.6. The van der Waals surface area contributed by atoms with Crippen LogP contribution in [0.3, 0.4) is 0 Å². The van der Waals surface area contributed by atoms with Crippen LogP contribution < -0.4 is 25.9 Å². The molecule has 0 radical (unpaired) electrons. The number of ether oxygens (including phenoxy) is 2. The lowest BCUT2D eigenvalue weighted by atomic mass is 9.33. The number of imidazole rings is 1. The number of para-hydroxylation sites is 5. The Balaban J connectivity index is 1.18. The molecule has 3 aliphatic rings. The Morgan fingerprint density at radius 2 is 1.02 bits per heavy atom. The van der Waals surface area contributed by atoms with Gasteiger partial charge in [0, 0.05) is 60.4 Å². The number of benzene rings is 8. The topological polar surface area (TPSA) is 36.6 Å². The number of rotatable bonds is 1. The van der Waals surface area contributed by atoms with Crippen molar-refractivity contribution in [2.45, 2.75) is 5.11 Å². The molecule has 9 heterocycles. The molecule has 0 bridgehead atoms. The number of hydrogen-bond acceptors (Lipinski definition) is 2. The highest BCUT2D eigenvalue weighted by molar-refractivity contribution is 7.01. The average Bonchev–Trinajstić information content (AvgIpc) is 4.11. The van der Waals surface area contributed by atoms with Crippen molar-refractivity contribution in [3.8, 4) is 28.7 Å². The molecule has 61 heavy (non-hydrogen) atoms. The fourth-order valence-electron chi connectivity index (χ4n) is 13.0. The van der Waals surface area contributed by atoms with Crippen molar-refractivity contribution in [1.82, 2.24) is 17.8 Å². The lowest BCUT2D eigenvalue weighted by Gasteiger charge is -2.38. The summed E-state index contributed by atoms with van der Waals surface area (Å²) in [7, 11) is 7.08. The molecule has 8 aromatic carbocycles. The van der Waals surface area contributed by atoms with Gasteiger partial charge in [-0.15, -0.1) is 0 Å². The van der Waals surface area contributed by atoms with Crippen molar-refractivity contribution in [3.05, 3.63) is 139 Å². The van der Waals surface area contributed by atoms with E-state index in [1.807, 2.05) is 0 Å². The summed E-state index contributed by atoms with van der Waals surface area (Å²) in [6, 6.07) is 49.3. The molecule has 0 atom stereocenters. The van der Waals surface area contributed by atoms with Crippen LogP contribution in [0.1, 0.15) is 5.56 Å². The highest BCUT2D eigenvalue weighted by Crippen LogP contribution is 2.54. The first-order valence-electron chi connectivity index (χ1n) is 21.4. The Kier molecular flexibility index (Phi) is 4.74. The molecule has 6 nitrogen and oxygen atoms in total. The second kappa shape index (κ2) is 9.46. The molecule has 276 valence electrons. The van der Waals surface area contributed by atoms with Gasteiger partial charge in [-0.25, -0.2) is 0 Å². The summed E-state index contributed by atoms with van der Waals surface area (Å²) in [5, 5.41) is 10.9. The third-order valence-electron chi connectivity index (χ3n) is 14.9. The second-order valence-corrected chi connectivity index (χ2v) is 18.7. The molecule has 0 unspecified atom stereocenters. The molecule has 14 aromatic rings. The van der Waals surface area contributed by atoms with Crippen molar-refractivity contribution in [3.63, 3.8) is 0 Å². The minimum Gasteiger partial charge on any atom is -0.458 e. The van der Waals surface area contributed by atoms with Gasteiger partial charge in [-0.3, -0.25) is 8.97 Å². The number of hydrogen-bond donors (Lipinski definition) is 0. The Hall–Kier alpha value is -7.44. The smallest absolute Gasteiger partial charge is 0.266 e. The standard InChI is InChI=1S/C51H28B4N4O2/c52-51(53,54)39-27-12-3-6-19-32(27)58-47-45-38(29-16-8-14-26-24-11-2-5-18-31(24)57(45)44(26)29)49-42-46(47)59(50(39)58)33-20-9-21-35-40(33)55(42)41-36(60-35)22-34-37(48(41)61-49)28-15-7-13-25-23-10-1-4-17-30(23)56(34)43(25)28/h1-22H,52-54H2. The zero-order valence-electron chi connectivity index (χ0n) is 33.4. The Morgan fingerprint density at radius 3 is 1.75 bits per heavy atom. The van der Waals surface area contributed by atoms with E-state index in [2.05, 4.69) is 175 Å². The zero-order chi connectivity index (χ0) is 39.5. The van der Waals surface area contributed by atoms with Crippen LogP contribution in [-0.2, 0) is 5.11 Å². The van der Waals surface area contributed by atoms with Crippen LogP contribution in [0.2, 0.25) is 0 Å². The van der Waals surface area contributed by atoms with Gasteiger partial charge in [0.2, 0.25) is 0 Å². The average molecular weight is 772 g/mol. The van der Waals surface area contributed by atoms with Gasteiger partial charge < -0.3 is 18.3 Å². The van der Waals surface area contributed by atoms with Crippen molar-refractivity contribution in [2.75, 3.05) is 0 Å². The predicted octanol–water partition coefficient (Wildman–Crippen LogP) is 7.39. The first-order chi connectivity index (χ1) is 30.0. The van der Waals surface area contributed by atoms with E-state index in [1.165, 1.54) is 115 Å². The molecule has 0 fully saturated rings. The summed E-state index contributed by atoms with van der Waals surface area (Å²) < 4.78 is 25.3. The maximum atomic E-state index is 7.87. The lowest BCUT2D eigenvalue weighted by Crippen LogP contribution is -2.60. The van der Waals surface area contributed by atoms with E-state index < -0.39 is 0 Å². The maximum Gasteiger partial charge on any atom is 0.266 e. The Bertz CT molecular complexity index is 4470. The van der Waals surface area contributed by atoms with E-state index in [4.69, 9.17) is 9.47 Å². The Morgan fingerprint density at radius 1 is 0.426 bits per heavy atom. The molecule has 0 amide bonds. The van der Waals surface area contributed by atoms with E-state index in [9.17, 15) is 0 Å². The van der Waals surface area contributed by atoms with Crippen molar-refractivity contribution < 1.29 is 9.47 Å². The molecule has 6 aromatic heterocycles. The van der Waals surface area contributed by atoms with Gasteiger partial charge in [-0.05, 0) is 41.4 Å². The normalized spacial score (nSPS) is 14.3. The highest BCUT2D eigenvalue weighted by atomic mass is 16.5. The van der Waals surface area contributed by atoms with E-state index in [-0.39, 0.29) is 11.8 Å². The largest absolute Gasteiger partial charge is 0.458 e. The minimum absolute atomic E-state index is 0.102. The fraction of sp³-hybridized carbons (Fsp3) is 0.0196. The molecule has 0 N–H and O–H groups in total. The van der Waals surface area contributed by atoms with Gasteiger partial charge in [0.15, 0.2) is 0 Å². The van der Waals surface area contributed by atoms with Gasteiger partial charge in [-0.1, -0.05) is 102 Å². The highest BCUT2D eigenvalue weighted by Gasteiger charge is 2.50. The van der Waals surface area contributed by atoms with Crippen molar-refractivity contribution in [2.24, 2.45) is 0 Å². The molecular formula is C51H28B4N4O2. The third kappa shape index (κ3) is 3.06. The fourth-order valence-corrected chi connectivity index (χ4v) is 13.0. The molecule has 0 aliphatic carbocycles. The van der Waals surface area contributed by atoms with Gasteiger partial charge in [0.05, 0.1) is 84.0 Å².